The molecule has 0 saturated heterocycles. The van der Waals surface area contributed by atoms with E-state index in [0.717, 1.165) is 0 Å². The molecule has 1 N–H and O–H groups in total. The highest BCUT2D eigenvalue weighted by molar-refractivity contribution is 7.80. The molecule has 0 aliphatic carbocycles. The highest BCUT2D eigenvalue weighted by Crippen LogP contribution is 2.28. The van der Waals surface area contributed by atoms with Crippen molar-refractivity contribution in [2.24, 2.45) is 0 Å². The van der Waals surface area contributed by atoms with Gasteiger partial charge in [-0.2, -0.15) is 0 Å². The highest BCUT2D eigenvalue weighted by atomic mass is 35.5. The number of nitrogens with zero attached hydrogens (tertiary/aromatic N) is 1. The Morgan fingerprint density at radius 1 is 0.848 bits per heavy atom. The Kier molecular flexibility index (Phi) is 12.5. The monoisotopic (exact) mass is 544 g/mol. The van der Waals surface area contributed by atoms with Gasteiger partial charge < -0.3 is 19.7 Å². The van der Waals surface area contributed by atoms with E-state index in [9.17, 15) is 0 Å². The van der Waals surface area contributed by atoms with E-state index in [1.54, 1.807) is 42.5 Å². The quantitative estimate of drug-likeness (QED) is 0.224. The van der Waals surface area contributed by atoms with Crippen LogP contribution in [0.15, 0.2) is 73.4 Å². The first-order chi connectivity index (χ1) is 15.9. The molecule has 0 fully saturated rings. The van der Waals surface area contributed by atoms with Crippen LogP contribution in [0.3, 0.4) is 0 Å². The molecule has 2 aromatic rings. The van der Waals surface area contributed by atoms with Crippen molar-refractivity contribution in [2.75, 3.05) is 32.8 Å². The molecule has 9 heteroatoms. The molecule has 0 aliphatic heterocycles. The van der Waals surface area contributed by atoms with Crippen LogP contribution in [0, 0.1) is 0 Å². The van der Waals surface area contributed by atoms with Gasteiger partial charge in [0.05, 0.1) is 10.0 Å². The molecule has 0 heterocycles. The molecule has 176 valence electrons. The lowest BCUT2D eigenvalue weighted by Crippen LogP contribution is -2.40. The average molecular weight is 546 g/mol. The summed E-state index contributed by atoms with van der Waals surface area (Å²) in [6.07, 6.45) is 9.52. The molecule has 2 aromatic carbocycles. The summed E-state index contributed by atoms with van der Waals surface area (Å²) >= 11 is 29.5. The van der Waals surface area contributed by atoms with E-state index in [-0.39, 0.29) is 0 Å². The first kappa shape index (κ1) is 27.4. The number of thiocarbonyl (C=S) groups is 1. The summed E-state index contributed by atoms with van der Waals surface area (Å²) in [6, 6.07) is 10.2. The Hall–Kier alpha value is -1.89. The largest absolute Gasteiger partial charge is 0.488 e. The van der Waals surface area contributed by atoms with Crippen molar-refractivity contribution in [1.82, 2.24) is 10.2 Å². The smallest absolute Gasteiger partial charge is 0.169 e. The van der Waals surface area contributed by atoms with E-state index in [1.807, 2.05) is 29.2 Å². The van der Waals surface area contributed by atoms with Crippen LogP contribution in [0.25, 0.3) is 0 Å². The SMILES string of the molecule is C=CCNC(=S)N(C/C=C/COc1ccc(Cl)cc1Cl)C/C=C/COc1ccc(Cl)cc1Cl. The predicted molar refractivity (Wildman–Crippen MR) is 145 cm³/mol. The summed E-state index contributed by atoms with van der Waals surface area (Å²) in [6.45, 7) is 6.21. The number of rotatable bonds is 12. The van der Waals surface area contributed by atoms with Crippen molar-refractivity contribution in [2.45, 2.75) is 0 Å². The van der Waals surface area contributed by atoms with Gasteiger partial charge in [0.1, 0.15) is 24.7 Å². The summed E-state index contributed by atoms with van der Waals surface area (Å²) in [4.78, 5) is 2.00. The molecule has 0 bridgehead atoms. The standard InChI is InChI=1S/C24H24Cl4N2O2S/c1-2-11-29-24(33)30(12-3-5-14-31-22-9-7-18(25)16-20(22)27)13-4-6-15-32-23-10-8-19(26)17-21(23)28/h2-10,16-17H,1,11-15H2,(H,29,33)/b5-3+,6-4+. The normalized spacial score (nSPS) is 11.0. The molecule has 0 saturated carbocycles. The van der Waals surface area contributed by atoms with Crippen LogP contribution >= 0.6 is 58.6 Å². The van der Waals surface area contributed by atoms with Crippen LogP contribution in [0.5, 0.6) is 11.5 Å². The van der Waals surface area contributed by atoms with Crippen molar-refractivity contribution >= 4 is 63.7 Å². The molecule has 0 unspecified atom stereocenters. The van der Waals surface area contributed by atoms with Crippen LogP contribution in [-0.4, -0.2) is 42.9 Å². The van der Waals surface area contributed by atoms with Gasteiger partial charge in [0.2, 0.25) is 0 Å². The summed E-state index contributed by atoms with van der Waals surface area (Å²) in [5, 5.41) is 5.83. The van der Waals surface area contributed by atoms with Gasteiger partial charge in [-0.3, -0.25) is 0 Å². The fraction of sp³-hybridized carbons (Fsp3) is 0.208. The van der Waals surface area contributed by atoms with Crippen LogP contribution in [-0.2, 0) is 0 Å². The maximum atomic E-state index is 6.11. The lowest BCUT2D eigenvalue weighted by Gasteiger charge is -2.22. The van der Waals surface area contributed by atoms with Gasteiger partial charge in [-0.15, -0.1) is 6.58 Å². The van der Waals surface area contributed by atoms with E-state index >= 15 is 0 Å². The third kappa shape index (κ3) is 10.3. The minimum Gasteiger partial charge on any atom is -0.488 e. The van der Waals surface area contributed by atoms with E-state index in [0.29, 0.717) is 69.6 Å². The number of hydrogen-bond acceptors (Lipinski definition) is 3. The van der Waals surface area contributed by atoms with Gasteiger partial charge in [0, 0.05) is 29.7 Å². The highest BCUT2D eigenvalue weighted by Gasteiger charge is 2.06. The zero-order valence-corrected chi connectivity index (χ0v) is 21.6. The average Bonchev–Trinajstić information content (AvgIpc) is 2.78. The molecule has 4 nitrogen and oxygen atoms in total. The Bertz CT molecular complexity index is 931. The zero-order chi connectivity index (χ0) is 24.1. The van der Waals surface area contributed by atoms with Crippen LogP contribution in [0.2, 0.25) is 20.1 Å². The summed E-state index contributed by atoms with van der Waals surface area (Å²) in [5.41, 5.74) is 0. The Balaban J connectivity index is 1.84. The van der Waals surface area contributed by atoms with E-state index in [1.165, 1.54) is 0 Å². The van der Waals surface area contributed by atoms with E-state index < -0.39 is 0 Å². The van der Waals surface area contributed by atoms with E-state index in [2.05, 4.69) is 11.9 Å². The molecule has 33 heavy (non-hydrogen) atoms. The third-order valence-corrected chi connectivity index (χ3v) is 5.59. The molecule has 0 aromatic heterocycles. The Labute approximate surface area is 220 Å². The molecule has 0 amide bonds. The molecule has 0 atom stereocenters. The van der Waals surface area contributed by atoms with Crippen molar-refractivity contribution in [3.63, 3.8) is 0 Å². The molecular weight excluding hydrogens is 522 g/mol. The fourth-order valence-electron chi connectivity index (χ4n) is 2.51. The Morgan fingerprint density at radius 3 is 1.76 bits per heavy atom. The van der Waals surface area contributed by atoms with Gasteiger partial charge in [0.15, 0.2) is 5.11 Å². The van der Waals surface area contributed by atoms with Gasteiger partial charge in [0.25, 0.3) is 0 Å². The topological polar surface area (TPSA) is 33.7 Å². The van der Waals surface area contributed by atoms with Crippen molar-refractivity contribution in [3.8, 4) is 11.5 Å². The number of hydrogen-bond donors (Lipinski definition) is 1. The summed E-state index contributed by atoms with van der Waals surface area (Å²) in [7, 11) is 0. The maximum Gasteiger partial charge on any atom is 0.169 e. The van der Waals surface area contributed by atoms with Gasteiger partial charge in [-0.25, -0.2) is 0 Å². The first-order valence-corrected chi connectivity index (χ1v) is 11.9. The Morgan fingerprint density at radius 2 is 1.33 bits per heavy atom. The van der Waals surface area contributed by atoms with Gasteiger partial charge >= 0.3 is 0 Å². The summed E-state index contributed by atoms with van der Waals surface area (Å²) in [5.74, 6) is 1.16. The van der Waals surface area contributed by atoms with Crippen molar-refractivity contribution < 1.29 is 9.47 Å². The number of benzene rings is 2. The number of ether oxygens (including phenoxy) is 2. The predicted octanol–water partition coefficient (Wildman–Crippen LogP) is 7.23. The second kappa shape index (κ2) is 15.1. The molecular formula is C24H24Cl4N2O2S. The second-order valence-corrected chi connectivity index (χ2v) is 8.67. The lowest BCUT2D eigenvalue weighted by molar-refractivity contribution is 0.361. The van der Waals surface area contributed by atoms with Gasteiger partial charge in [-0.1, -0.05) is 64.6 Å². The van der Waals surface area contributed by atoms with Crippen molar-refractivity contribution in [3.05, 3.63) is 93.4 Å². The first-order valence-electron chi connectivity index (χ1n) is 10.00. The molecule has 0 spiro atoms. The molecule has 2 rings (SSSR count). The van der Waals surface area contributed by atoms with Crippen molar-refractivity contribution in [1.29, 1.82) is 0 Å². The molecule has 0 radical (unpaired) electrons. The minimum atomic E-state index is 0.369. The number of halogens is 4. The zero-order valence-electron chi connectivity index (χ0n) is 17.8. The lowest BCUT2D eigenvalue weighted by atomic mass is 10.3. The minimum absolute atomic E-state index is 0.369. The number of nitrogens with one attached hydrogen (secondary N) is 1. The maximum absolute atomic E-state index is 6.11. The molecule has 0 aliphatic rings. The second-order valence-electron chi connectivity index (χ2n) is 6.59. The van der Waals surface area contributed by atoms with Gasteiger partial charge in [-0.05, 0) is 60.8 Å². The van der Waals surface area contributed by atoms with Crippen LogP contribution in [0.1, 0.15) is 0 Å². The fourth-order valence-corrected chi connectivity index (χ4v) is 3.67. The van der Waals surface area contributed by atoms with Crippen LogP contribution < -0.4 is 14.8 Å². The van der Waals surface area contributed by atoms with Crippen LogP contribution in [0.4, 0.5) is 0 Å². The third-order valence-electron chi connectivity index (χ3n) is 4.13. The summed E-state index contributed by atoms with van der Waals surface area (Å²) < 4.78 is 11.3. The van der Waals surface area contributed by atoms with E-state index in [4.69, 9.17) is 68.1 Å².